The Kier molecular flexibility index (Phi) is 3.06. The Morgan fingerprint density at radius 3 is 3.06 bits per heavy atom. The first kappa shape index (κ1) is 11.7. The number of fused-ring (bicyclic) bond motifs is 1. The Hall–Kier alpha value is -1.39. The Morgan fingerprint density at radius 2 is 2.33 bits per heavy atom. The predicted molar refractivity (Wildman–Crippen MR) is 73.6 cm³/mol. The fourth-order valence-corrected chi connectivity index (χ4v) is 2.98. The van der Waals surface area contributed by atoms with Crippen LogP contribution in [-0.4, -0.2) is 30.1 Å². The second-order valence-electron chi connectivity index (χ2n) is 5.12. The summed E-state index contributed by atoms with van der Waals surface area (Å²) >= 11 is 0. The molecule has 0 amide bonds. The van der Waals surface area contributed by atoms with Crippen molar-refractivity contribution >= 4 is 11.0 Å². The molecule has 0 bridgehead atoms. The fourth-order valence-electron chi connectivity index (χ4n) is 2.98. The molecular formula is C14H20N4. The van der Waals surface area contributed by atoms with Gasteiger partial charge in [0.15, 0.2) is 0 Å². The van der Waals surface area contributed by atoms with E-state index >= 15 is 0 Å². The number of aryl methyl sites for hydroxylation is 1. The highest BCUT2D eigenvalue weighted by Gasteiger charge is 2.25. The number of hydrogen-bond donors (Lipinski definition) is 3. The smallest absolute Gasteiger partial charge is 0.104 e. The average Bonchev–Trinajstić information content (AvgIpc) is 2.97. The van der Waals surface area contributed by atoms with Gasteiger partial charge >= 0.3 is 0 Å². The molecule has 1 fully saturated rings. The lowest BCUT2D eigenvalue weighted by Crippen LogP contribution is -2.26. The summed E-state index contributed by atoms with van der Waals surface area (Å²) in [7, 11) is 2.05. The zero-order valence-corrected chi connectivity index (χ0v) is 11.0. The van der Waals surface area contributed by atoms with Gasteiger partial charge in [-0.1, -0.05) is 6.07 Å². The molecule has 96 valence electrons. The Labute approximate surface area is 107 Å². The highest BCUT2D eigenvalue weighted by atomic mass is 15.0. The van der Waals surface area contributed by atoms with Crippen molar-refractivity contribution in [3.63, 3.8) is 0 Å². The molecule has 1 aliphatic heterocycles. The summed E-state index contributed by atoms with van der Waals surface area (Å²) in [6, 6.07) is 6.96. The van der Waals surface area contributed by atoms with Crippen LogP contribution < -0.4 is 10.6 Å². The van der Waals surface area contributed by atoms with E-state index in [2.05, 4.69) is 38.8 Å². The topological polar surface area (TPSA) is 52.7 Å². The Morgan fingerprint density at radius 1 is 1.44 bits per heavy atom. The minimum atomic E-state index is 0.424. The summed E-state index contributed by atoms with van der Waals surface area (Å²) in [6.07, 6.45) is 1.24. The number of imidazole rings is 1. The van der Waals surface area contributed by atoms with Crippen molar-refractivity contribution in [2.24, 2.45) is 5.92 Å². The molecule has 1 saturated heterocycles. The summed E-state index contributed by atoms with van der Waals surface area (Å²) in [5.41, 5.74) is 3.54. The molecular weight excluding hydrogens is 224 g/mol. The average molecular weight is 244 g/mol. The molecule has 2 heterocycles. The van der Waals surface area contributed by atoms with Crippen LogP contribution >= 0.6 is 0 Å². The third kappa shape index (κ3) is 2.02. The highest BCUT2D eigenvalue weighted by Crippen LogP contribution is 2.28. The van der Waals surface area contributed by atoms with Crippen LogP contribution in [0, 0.1) is 12.8 Å². The van der Waals surface area contributed by atoms with Gasteiger partial charge < -0.3 is 15.6 Å². The zero-order chi connectivity index (χ0) is 12.5. The minimum absolute atomic E-state index is 0.424. The van der Waals surface area contributed by atoms with E-state index < -0.39 is 0 Å². The van der Waals surface area contributed by atoms with Crippen molar-refractivity contribution in [1.29, 1.82) is 0 Å². The van der Waals surface area contributed by atoms with Gasteiger partial charge in [-0.2, -0.15) is 0 Å². The summed E-state index contributed by atoms with van der Waals surface area (Å²) in [6.45, 7) is 4.23. The molecule has 4 nitrogen and oxygen atoms in total. The van der Waals surface area contributed by atoms with Crippen molar-refractivity contribution < 1.29 is 0 Å². The van der Waals surface area contributed by atoms with Crippen molar-refractivity contribution in [3.05, 3.63) is 29.6 Å². The standard InChI is InChI=1S/C14H20N4/c1-9-17-12-4-3-10(7-13(12)18-9)14(15-2)11-5-6-16-8-11/h3-4,7,11,14-16H,5-6,8H2,1-2H3,(H,17,18). The lowest BCUT2D eigenvalue weighted by molar-refractivity contribution is 0.411. The first-order valence-electron chi connectivity index (χ1n) is 6.62. The summed E-state index contributed by atoms with van der Waals surface area (Å²) < 4.78 is 0. The maximum atomic E-state index is 4.45. The number of H-pyrrole nitrogens is 1. The van der Waals surface area contributed by atoms with Gasteiger partial charge in [0.25, 0.3) is 0 Å². The number of benzene rings is 1. The summed E-state index contributed by atoms with van der Waals surface area (Å²) in [5.74, 6) is 1.65. The van der Waals surface area contributed by atoms with Crippen molar-refractivity contribution in [3.8, 4) is 0 Å². The van der Waals surface area contributed by atoms with E-state index in [1.54, 1.807) is 0 Å². The monoisotopic (exact) mass is 244 g/mol. The molecule has 18 heavy (non-hydrogen) atoms. The van der Waals surface area contributed by atoms with Gasteiger partial charge in [0.2, 0.25) is 0 Å². The fraction of sp³-hybridized carbons (Fsp3) is 0.500. The first-order valence-corrected chi connectivity index (χ1v) is 6.62. The van der Waals surface area contributed by atoms with Crippen molar-refractivity contribution in [1.82, 2.24) is 20.6 Å². The number of nitrogens with one attached hydrogen (secondary N) is 3. The molecule has 0 saturated carbocycles. The second kappa shape index (κ2) is 4.71. The SMILES string of the molecule is CNC(c1ccc2nc(C)[nH]c2c1)C1CCNC1. The van der Waals surface area contributed by atoms with E-state index in [0.29, 0.717) is 12.0 Å². The van der Waals surface area contributed by atoms with E-state index in [4.69, 9.17) is 0 Å². The number of nitrogens with zero attached hydrogens (tertiary/aromatic N) is 1. The van der Waals surface area contributed by atoms with Crippen LogP contribution in [0.1, 0.15) is 23.9 Å². The molecule has 1 aromatic carbocycles. The van der Waals surface area contributed by atoms with Crippen LogP contribution in [0.5, 0.6) is 0 Å². The molecule has 1 aliphatic rings. The largest absolute Gasteiger partial charge is 0.342 e. The highest BCUT2D eigenvalue weighted by molar-refractivity contribution is 5.76. The summed E-state index contributed by atoms with van der Waals surface area (Å²) in [5, 5.41) is 6.90. The number of aromatic amines is 1. The molecule has 3 rings (SSSR count). The zero-order valence-electron chi connectivity index (χ0n) is 11.0. The van der Waals surface area contributed by atoms with Crippen LogP contribution in [0.4, 0.5) is 0 Å². The van der Waals surface area contributed by atoms with E-state index in [1.165, 1.54) is 12.0 Å². The molecule has 0 radical (unpaired) electrons. The van der Waals surface area contributed by atoms with Crippen LogP contribution in [-0.2, 0) is 0 Å². The first-order chi connectivity index (χ1) is 8.78. The lowest BCUT2D eigenvalue weighted by Gasteiger charge is -2.22. The van der Waals surface area contributed by atoms with Gasteiger partial charge in [-0.15, -0.1) is 0 Å². The van der Waals surface area contributed by atoms with Crippen LogP contribution in [0.3, 0.4) is 0 Å². The molecule has 0 aliphatic carbocycles. The Bertz CT molecular complexity index is 540. The molecule has 2 unspecified atom stereocenters. The van der Waals surface area contributed by atoms with Gasteiger partial charge in [-0.3, -0.25) is 0 Å². The van der Waals surface area contributed by atoms with Crippen molar-refractivity contribution in [2.45, 2.75) is 19.4 Å². The van der Waals surface area contributed by atoms with Gasteiger partial charge in [0.05, 0.1) is 11.0 Å². The molecule has 4 heteroatoms. The minimum Gasteiger partial charge on any atom is -0.342 e. The third-order valence-corrected chi connectivity index (χ3v) is 3.86. The molecule has 3 N–H and O–H groups in total. The van der Waals surface area contributed by atoms with Gasteiger partial charge in [-0.05, 0) is 57.1 Å². The van der Waals surface area contributed by atoms with Crippen molar-refractivity contribution in [2.75, 3.05) is 20.1 Å². The maximum absolute atomic E-state index is 4.45. The Balaban J connectivity index is 1.95. The van der Waals surface area contributed by atoms with Gasteiger partial charge in [0, 0.05) is 6.04 Å². The van der Waals surface area contributed by atoms with Crippen LogP contribution in [0.2, 0.25) is 0 Å². The number of aromatic nitrogens is 2. The van der Waals surface area contributed by atoms with Crippen LogP contribution in [0.15, 0.2) is 18.2 Å². The second-order valence-corrected chi connectivity index (χ2v) is 5.12. The van der Waals surface area contributed by atoms with Crippen LogP contribution in [0.25, 0.3) is 11.0 Å². The number of rotatable bonds is 3. The number of hydrogen-bond acceptors (Lipinski definition) is 3. The van der Waals surface area contributed by atoms with Gasteiger partial charge in [0.1, 0.15) is 5.82 Å². The lowest BCUT2D eigenvalue weighted by atomic mass is 9.92. The van der Waals surface area contributed by atoms with E-state index in [0.717, 1.165) is 29.9 Å². The quantitative estimate of drug-likeness (QED) is 0.771. The van der Waals surface area contributed by atoms with E-state index in [1.807, 2.05) is 14.0 Å². The molecule has 0 spiro atoms. The molecule has 1 aromatic heterocycles. The van der Waals surface area contributed by atoms with Gasteiger partial charge in [-0.25, -0.2) is 4.98 Å². The third-order valence-electron chi connectivity index (χ3n) is 3.86. The van der Waals surface area contributed by atoms with E-state index in [-0.39, 0.29) is 0 Å². The molecule has 2 atom stereocenters. The predicted octanol–water partition coefficient (Wildman–Crippen LogP) is 1.74. The maximum Gasteiger partial charge on any atom is 0.104 e. The van der Waals surface area contributed by atoms with E-state index in [9.17, 15) is 0 Å². The normalized spacial score (nSPS) is 21.6. The summed E-state index contributed by atoms with van der Waals surface area (Å²) in [4.78, 5) is 7.76. The molecule has 2 aromatic rings.